The van der Waals surface area contributed by atoms with Crippen LogP contribution < -0.4 is 15.9 Å². The molecule has 0 aromatic heterocycles. The summed E-state index contributed by atoms with van der Waals surface area (Å²) in [6, 6.07) is 21.2. The van der Waals surface area contributed by atoms with E-state index >= 15 is 0 Å². The van der Waals surface area contributed by atoms with Crippen molar-refractivity contribution in [1.82, 2.24) is 0 Å². The SMILES string of the molecule is Cc1c(C(F)(F)F)cccc1P(=O)(c1ccccc1)c1ccccc1. The van der Waals surface area contributed by atoms with E-state index in [4.69, 9.17) is 0 Å². The molecule has 128 valence electrons. The van der Waals surface area contributed by atoms with Gasteiger partial charge in [-0.1, -0.05) is 72.8 Å². The zero-order valence-electron chi connectivity index (χ0n) is 13.5. The lowest BCUT2D eigenvalue weighted by Gasteiger charge is -2.23. The maximum Gasteiger partial charge on any atom is 0.416 e. The van der Waals surface area contributed by atoms with E-state index in [9.17, 15) is 17.7 Å². The molecule has 3 aromatic carbocycles. The minimum absolute atomic E-state index is 0.00559. The predicted octanol–water partition coefficient (Wildman–Crippen LogP) is 4.65. The van der Waals surface area contributed by atoms with Crippen molar-refractivity contribution in [3.05, 3.63) is 90.0 Å². The van der Waals surface area contributed by atoms with Crippen molar-refractivity contribution in [2.24, 2.45) is 0 Å². The maximum absolute atomic E-state index is 14.2. The van der Waals surface area contributed by atoms with Crippen LogP contribution in [0.4, 0.5) is 13.2 Å². The van der Waals surface area contributed by atoms with Gasteiger partial charge in [0.25, 0.3) is 0 Å². The first-order valence-corrected chi connectivity index (χ1v) is 9.44. The molecule has 0 fully saturated rings. The number of halogens is 3. The van der Waals surface area contributed by atoms with Gasteiger partial charge >= 0.3 is 6.18 Å². The Hall–Kier alpha value is -2.32. The van der Waals surface area contributed by atoms with E-state index in [0.717, 1.165) is 6.07 Å². The molecule has 0 aliphatic heterocycles. The second kappa shape index (κ2) is 6.53. The van der Waals surface area contributed by atoms with Gasteiger partial charge in [0.2, 0.25) is 0 Å². The smallest absolute Gasteiger partial charge is 0.309 e. The number of rotatable bonds is 3. The Morgan fingerprint density at radius 2 is 1.20 bits per heavy atom. The normalized spacial score (nSPS) is 12.2. The lowest BCUT2D eigenvalue weighted by atomic mass is 10.1. The van der Waals surface area contributed by atoms with Crippen LogP contribution >= 0.6 is 7.14 Å². The summed E-state index contributed by atoms with van der Waals surface area (Å²) in [4.78, 5) is 0. The van der Waals surface area contributed by atoms with Crippen molar-refractivity contribution in [2.45, 2.75) is 13.1 Å². The zero-order chi connectivity index (χ0) is 18.1. The molecule has 0 aliphatic rings. The molecule has 3 aromatic rings. The van der Waals surface area contributed by atoms with Crippen molar-refractivity contribution in [3.63, 3.8) is 0 Å². The van der Waals surface area contributed by atoms with E-state index < -0.39 is 18.9 Å². The van der Waals surface area contributed by atoms with Crippen molar-refractivity contribution < 1.29 is 17.7 Å². The van der Waals surface area contributed by atoms with Crippen molar-refractivity contribution in [3.8, 4) is 0 Å². The lowest BCUT2D eigenvalue weighted by Crippen LogP contribution is -2.28. The summed E-state index contributed by atoms with van der Waals surface area (Å²) < 4.78 is 54.1. The van der Waals surface area contributed by atoms with Crippen LogP contribution in [0.15, 0.2) is 78.9 Å². The van der Waals surface area contributed by atoms with Gasteiger partial charge < -0.3 is 4.57 Å². The van der Waals surface area contributed by atoms with Gasteiger partial charge in [0, 0.05) is 15.9 Å². The lowest BCUT2D eigenvalue weighted by molar-refractivity contribution is -0.138. The highest BCUT2D eigenvalue weighted by Gasteiger charge is 2.37. The van der Waals surface area contributed by atoms with Crippen LogP contribution in [0.5, 0.6) is 0 Å². The molecule has 0 radical (unpaired) electrons. The van der Waals surface area contributed by atoms with E-state index in [-0.39, 0.29) is 10.9 Å². The van der Waals surface area contributed by atoms with Gasteiger partial charge in [-0.2, -0.15) is 13.2 Å². The fourth-order valence-electron chi connectivity index (χ4n) is 2.97. The zero-order valence-corrected chi connectivity index (χ0v) is 14.4. The number of hydrogen-bond acceptors (Lipinski definition) is 1. The second-order valence-electron chi connectivity index (χ2n) is 5.73. The summed E-state index contributed by atoms with van der Waals surface area (Å²) in [7, 11) is -3.41. The van der Waals surface area contributed by atoms with Crippen molar-refractivity contribution in [2.75, 3.05) is 0 Å². The number of alkyl halides is 3. The molecular formula is C20H16F3OP. The Kier molecular flexibility index (Phi) is 4.57. The molecule has 0 aliphatic carbocycles. The molecule has 0 saturated heterocycles. The largest absolute Gasteiger partial charge is 0.416 e. The molecule has 3 rings (SSSR count). The summed E-state index contributed by atoms with van der Waals surface area (Å²) in [6.45, 7) is 1.39. The topological polar surface area (TPSA) is 17.1 Å². The fraction of sp³-hybridized carbons (Fsp3) is 0.100. The molecular weight excluding hydrogens is 344 g/mol. The molecule has 0 saturated carbocycles. The van der Waals surface area contributed by atoms with Crippen LogP contribution in [0.25, 0.3) is 0 Å². The van der Waals surface area contributed by atoms with Crippen molar-refractivity contribution in [1.29, 1.82) is 0 Å². The minimum atomic E-state index is -4.49. The summed E-state index contributed by atoms with van der Waals surface area (Å²) in [5.41, 5.74) is -0.747. The monoisotopic (exact) mass is 360 g/mol. The summed E-state index contributed by atoms with van der Waals surface area (Å²) >= 11 is 0. The van der Waals surface area contributed by atoms with Crippen LogP contribution in [0.2, 0.25) is 0 Å². The Morgan fingerprint density at radius 3 is 1.64 bits per heavy atom. The minimum Gasteiger partial charge on any atom is -0.309 e. The molecule has 0 N–H and O–H groups in total. The average molecular weight is 360 g/mol. The third-order valence-corrected chi connectivity index (χ3v) is 7.40. The highest BCUT2D eigenvalue weighted by atomic mass is 31.2. The average Bonchev–Trinajstić information content (AvgIpc) is 2.62. The highest BCUT2D eigenvalue weighted by molar-refractivity contribution is 7.85. The first kappa shape index (κ1) is 17.5. The predicted molar refractivity (Wildman–Crippen MR) is 95.6 cm³/mol. The van der Waals surface area contributed by atoms with Crippen LogP contribution in [-0.2, 0) is 10.7 Å². The van der Waals surface area contributed by atoms with E-state index in [1.165, 1.54) is 19.1 Å². The molecule has 1 nitrogen and oxygen atoms in total. The Morgan fingerprint density at radius 1 is 0.720 bits per heavy atom. The Labute approximate surface area is 144 Å². The molecule has 5 heteroatoms. The first-order valence-electron chi connectivity index (χ1n) is 7.74. The van der Waals surface area contributed by atoms with Crippen LogP contribution in [-0.4, -0.2) is 0 Å². The van der Waals surface area contributed by atoms with E-state index in [1.807, 2.05) is 0 Å². The van der Waals surface area contributed by atoms with Crippen molar-refractivity contribution >= 4 is 23.1 Å². The summed E-state index contributed by atoms with van der Waals surface area (Å²) in [5, 5.41) is 1.26. The van der Waals surface area contributed by atoms with Gasteiger partial charge in [-0.25, -0.2) is 0 Å². The molecule has 0 unspecified atom stereocenters. The number of hydrogen-bond donors (Lipinski definition) is 0. The van der Waals surface area contributed by atoms with Gasteiger partial charge in [-0.05, 0) is 18.6 Å². The van der Waals surface area contributed by atoms with E-state index in [0.29, 0.717) is 10.6 Å². The molecule has 25 heavy (non-hydrogen) atoms. The number of benzene rings is 3. The molecule has 0 amide bonds. The third kappa shape index (κ3) is 3.14. The van der Waals surface area contributed by atoms with Gasteiger partial charge in [0.05, 0.1) is 5.56 Å². The Bertz CT molecular complexity index is 875. The maximum atomic E-state index is 14.2. The van der Waals surface area contributed by atoms with E-state index in [2.05, 4.69) is 0 Å². The van der Waals surface area contributed by atoms with Gasteiger partial charge in [-0.15, -0.1) is 0 Å². The van der Waals surface area contributed by atoms with Crippen LogP contribution in [0.1, 0.15) is 11.1 Å². The fourth-order valence-corrected chi connectivity index (χ4v) is 5.90. The first-order chi connectivity index (χ1) is 11.8. The molecule has 0 spiro atoms. The summed E-state index contributed by atoms with van der Waals surface area (Å²) in [5.74, 6) is 0. The summed E-state index contributed by atoms with van der Waals surface area (Å²) in [6.07, 6.45) is -4.49. The molecule has 0 bridgehead atoms. The second-order valence-corrected chi connectivity index (χ2v) is 8.46. The van der Waals surface area contributed by atoms with Gasteiger partial charge in [0.15, 0.2) is 7.14 Å². The quantitative estimate of drug-likeness (QED) is 0.621. The van der Waals surface area contributed by atoms with Crippen LogP contribution in [0, 0.1) is 6.92 Å². The third-order valence-electron chi connectivity index (χ3n) is 4.19. The van der Waals surface area contributed by atoms with E-state index in [1.54, 1.807) is 60.7 Å². The Balaban J connectivity index is 2.34. The molecule has 0 atom stereocenters. The highest BCUT2D eigenvalue weighted by Crippen LogP contribution is 2.45. The van der Waals surface area contributed by atoms with Crippen LogP contribution in [0.3, 0.4) is 0 Å². The van der Waals surface area contributed by atoms with Gasteiger partial charge in [-0.3, -0.25) is 0 Å². The van der Waals surface area contributed by atoms with Gasteiger partial charge in [0.1, 0.15) is 0 Å². The standard InChI is InChI=1S/C20H16F3OP/c1-15-18(20(21,22)23)13-8-14-19(15)25(24,16-9-4-2-5-10-16)17-11-6-3-7-12-17/h2-14H,1H3. The molecule has 0 heterocycles.